The van der Waals surface area contributed by atoms with Crippen molar-refractivity contribution in [1.82, 2.24) is 0 Å². The third kappa shape index (κ3) is 4.12. The molecule has 8 heteroatoms. The van der Waals surface area contributed by atoms with Gasteiger partial charge >= 0.3 is 5.97 Å². The molecule has 0 spiro atoms. The van der Waals surface area contributed by atoms with Crippen LogP contribution in [0.1, 0.15) is 24.2 Å². The maximum atomic E-state index is 13.9. The lowest BCUT2D eigenvalue weighted by atomic mass is 10.0. The van der Waals surface area contributed by atoms with Crippen LogP contribution in [0.5, 0.6) is 0 Å². The van der Waals surface area contributed by atoms with Crippen molar-refractivity contribution < 1.29 is 24.0 Å². The number of carbonyl (C=O) groups is 1. The Morgan fingerprint density at radius 1 is 1.52 bits per heavy atom. The maximum Gasteiger partial charge on any atom is 0.342 e. The van der Waals surface area contributed by atoms with Crippen LogP contribution in [0.3, 0.4) is 0 Å². The third-order valence-corrected chi connectivity index (χ3v) is 3.00. The molecule has 0 saturated heterocycles. The lowest BCUT2D eigenvalue weighted by Gasteiger charge is -2.23. The van der Waals surface area contributed by atoms with Crippen molar-refractivity contribution in [3.8, 4) is 0 Å². The Labute approximate surface area is 120 Å². The Morgan fingerprint density at radius 2 is 2.14 bits per heavy atom. The molecule has 7 nitrogen and oxygen atoms in total. The summed E-state index contributed by atoms with van der Waals surface area (Å²) in [7, 11) is 1.49. The number of ether oxygens (including phenoxy) is 1. The molecule has 0 amide bonds. The fourth-order valence-corrected chi connectivity index (χ4v) is 1.78. The lowest BCUT2D eigenvalue weighted by molar-refractivity contribution is -0.385. The first-order chi connectivity index (χ1) is 9.77. The number of hydrogen-bond acceptors (Lipinski definition) is 5. The largest absolute Gasteiger partial charge is 0.477 e. The van der Waals surface area contributed by atoms with Crippen molar-refractivity contribution in [2.24, 2.45) is 5.92 Å². The summed E-state index contributed by atoms with van der Waals surface area (Å²) in [4.78, 5) is 20.9. The number of nitro groups is 1. The molecule has 1 aromatic rings. The van der Waals surface area contributed by atoms with Crippen LogP contribution in [0.2, 0.25) is 0 Å². The molecule has 1 atom stereocenters. The maximum absolute atomic E-state index is 13.9. The molecule has 2 N–H and O–H groups in total. The summed E-state index contributed by atoms with van der Waals surface area (Å²) in [5.41, 5.74) is -1.45. The summed E-state index contributed by atoms with van der Waals surface area (Å²) < 4.78 is 18.9. The van der Waals surface area contributed by atoms with Gasteiger partial charge in [0.1, 0.15) is 5.56 Å². The molecule has 0 aliphatic rings. The van der Waals surface area contributed by atoms with Crippen LogP contribution in [0.25, 0.3) is 0 Å². The van der Waals surface area contributed by atoms with Crippen LogP contribution >= 0.6 is 0 Å². The quantitative estimate of drug-likeness (QED) is 0.592. The van der Waals surface area contributed by atoms with Gasteiger partial charge in [-0.15, -0.1) is 0 Å². The van der Waals surface area contributed by atoms with E-state index in [1.165, 1.54) is 7.11 Å². The predicted molar refractivity (Wildman–Crippen MR) is 74.1 cm³/mol. The highest BCUT2D eigenvalue weighted by Crippen LogP contribution is 2.27. The number of nitrogens with one attached hydrogen (secondary N) is 1. The minimum atomic E-state index is -1.49. The fourth-order valence-electron chi connectivity index (χ4n) is 1.78. The van der Waals surface area contributed by atoms with Gasteiger partial charge in [-0.25, -0.2) is 9.18 Å². The number of nitrogens with zero attached hydrogens (tertiary/aromatic N) is 1. The van der Waals surface area contributed by atoms with E-state index in [1.54, 1.807) is 0 Å². The fraction of sp³-hybridized carbons (Fsp3) is 0.462. The minimum absolute atomic E-state index is 0.0906. The number of nitro benzene ring substituents is 1. The highest BCUT2D eigenvalue weighted by Gasteiger charge is 2.24. The minimum Gasteiger partial charge on any atom is -0.477 e. The van der Waals surface area contributed by atoms with Crippen molar-refractivity contribution in [3.05, 3.63) is 33.6 Å². The van der Waals surface area contributed by atoms with Crippen LogP contribution in [0.15, 0.2) is 12.1 Å². The normalized spacial score (nSPS) is 12.2. The number of halogens is 1. The van der Waals surface area contributed by atoms with Crippen LogP contribution in [-0.2, 0) is 4.74 Å². The van der Waals surface area contributed by atoms with Gasteiger partial charge in [-0.3, -0.25) is 10.1 Å². The van der Waals surface area contributed by atoms with Gasteiger partial charge in [-0.2, -0.15) is 0 Å². The molecule has 21 heavy (non-hydrogen) atoms. The number of carboxylic acids is 1. The van der Waals surface area contributed by atoms with Crippen LogP contribution in [0.4, 0.5) is 15.8 Å². The number of rotatable bonds is 7. The first-order valence-corrected chi connectivity index (χ1v) is 6.24. The van der Waals surface area contributed by atoms with E-state index in [1.807, 2.05) is 13.8 Å². The van der Waals surface area contributed by atoms with E-state index in [0.29, 0.717) is 6.07 Å². The highest BCUT2D eigenvalue weighted by molar-refractivity contribution is 5.93. The van der Waals surface area contributed by atoms with Crippen molar-refractivity contribution in [3.63, 3.8) is 0 Å². The Bertz CT molecular complexity index is 548. The van der Waals surface area contributed by atoms with Crippen molar-refractivity contribution in [1.29, 1.82) is 0 Å². The molecule has 0 aliphatic heterocycles. The van der Waals surface area contributed by atoms with E-state index >= 15 is 0 Å². The van der Waals surface area contributed by atoms with Crippen molar-refractivity contribution in [2.45, 2.75) is 19.9 Å². The predicted octanol–water partition coefficient (Wildman–Crippen LogP) is 2.52. The number of methoxy groups -OCH3 is 1. The monoisotopic (exact) mass is 300 g/mol. The molecule has 0 saturated carbocycles. The standard InChI is InChI=1S/C13H17FN2O5/c1-7(2)11(6-21-3)15-10-4-8(13(17)18)12(16(19)20)5-9(10)14/h4-5,7,11,15H,6H2,1-3H3,(H,17,18). The van der Waals surface area contributed by atoms with E-state index in [4.69, 9.17) is 9.84 Å². The van der Waals surface area contributed by atoms with Gasteiger partial charge in [0.05, 0.1) is 29.3 Å². The van der Waals surface area contributed by atoms with Crippen molar-refractivity contribution >= 4 is 17.3 Å². The van der Waals surface area contributed by atoms with Gasteiger partial charge < -0.3 is 15.2 Å². The highest BCUT2D eigenvalue weighted by atomic mass is 19.1. The molecule has 1 unspecified atom stereocenters. The summed E-state index contributed by atoms with van der Waals surface area (Å²) in [5.74, 6) is -2.28. The lowest BCUT2D eigenvalue weighted by Crippen LogP contribution is -2.31. The molecule has 0 bridgehead atoms. The topological polar surface area (TPSA) is 102 Å². The number of anilines is 1. The molecule has 0 aliphatic carbocycles. The summed E-state index contributed by atoms with van der Waals surface area (Å²) in [6, 6.07) is 1.28. The van der Waals surface area contributed by atoms with Gasteiger partial charge in [0.25, 0.3) is 5.69 Å². The molecule has 1 aromatic carbocycles. The van der Waals surface area contributed by atoms with Gasteiger partial charge in [-0.05, 0) is 12.0 Å². The molecule has 0 radical (unpaired) electrons. The van der Waals surface area contributed by atoms with Gasteiger partial charge in [0.2, 0.25) is 0 Å². The van der Waals surface area contributed by atoms with Crippen LogP contribution in [0, 0.1) is 21.8 Å². The summed E-state index contributed by atoms with van der Waals surface area (Å²) in [5, 5.41) is 22.6. The van der Waals surface area contributed by atoms with E-state index < -0.39 is 28.0 Å². The number of carboxylic acid groups (broad SMARTS) is 1. The summed E-state index contributed by atoms with van der Waals surface area (Å²) in [6.07, 6.45) is 0. The molecular weight excluding hydrogens is 283 g/mol. The second-order valence-electron chi connectivity index (χ2n) is 4.86. The van der Waals surface area contributed by atoms with Gasteiger partial charge in [-0.1, -0.05) is 13.8 Å². The van der Waals surface area contributed by atoms with Gasteiger partial charge in [0, 0.05) is 7.11 Å². The second kappa shape index (κ2) is 6.98. The Kier molecular flexibility index (Phi) is 5.60. The van der Waals surface area contributed by atoms with Gasteiger partial charge in [0.15, 0.2) is 5.82 Å². The van der Waals surface area contributed by atoms with Crippen molar-refractivity contribution in [2.75, 3.05) is 19.0 Å². The molecule has 0 fully saturated rings. The average Bonchev–Trinajstić information content (AvgIpc) is 2.39. The third-order valence-electron chi connectivity index (χ3n) is 3.00. The second-order valence-corrected chi connectivity index (χ2v) is 4.86. The zero-order valence-electron chi connectivity index (χ0n) is 11.9. The molecule has 0 aromatic heterocycles. The van der Waals surface area contributed by atoms with Crippen LogP contribution < -0.4 is 5.32 Å². The molecular formula is C13H17FN2O5. The first-order valence-electron chi connectivity index (χ1n) is 6.24. The number of benzene rings is 1. The number of aromatic carboxylic acids is 1. The van der Waals surface area contributed by atoms with E-state index in [0.717, 1.165) is 6.07 Å². The Morgan fingerprint density at radius 3 is 2.57 bits per heavy atom. The molecule has 0 heterocycles. The van der Waals surface area contributed by atoms with E-state index in [2.05, 4.69) is 5.32 Å². The Balaban J connectivity index is 3.22. The SMILES string of the molecule is COCC(Nc1cc(C(=O)O)c([N+](=O)[O-])cc1F)C(C)C. The molecule has 116 valence electrons. The van der Waals surface area contributed by atoms with Crippen LogP contribution in [-0.4, -0.2) is 35.8 Å². The summed E-state index contributed by atoms with van der Waals surface area (Å²) >= 11 is 0. The molecule has 1 rings (SSSR count). The summed E-state index contributed by atoms with van der Waals surface area (Å²) in [6.45, 7) is 4.06. The zero-order valence-corrected chi connectivity index (χ0v) is 11.9. The average molecular weight is 300 g/mol. The van der Waals surface area contributed by atoms with E-state index in [9.17, 15) is 19.3 Å². The number of hydrogen-bond donors (Lipinski definition) is 2. The Hall–Kier alpha value is -2.22. The first kappa shape index (κ1) is 16.8. The van der Waals surface area contributed by atoms with E-state index in [-0.39, 0.29) is 24.3 Å². The smallest absolute Gasteiger partial charge is 0.342 e. The zero-order chi connectivity index (χ0) is 16.2.